The van der Waals surface area contributed by atoms with Gasteiger partial charge in [0.05, 0.1) is 24.3 Å². The van der Waals surface area contributed by atoms with Crippen LogP contribution in [0.1, 0.15) is 13.8 Å². The molecule has 0 aromatic carbocycles. The lowest BCUT2D eigenvalue weighted by molar-refractivity contribution is -0.279. The predicted molar refractivity (Wildman–Crippen MR) is 66.8 cm³/mol. The third kappa shape index (κ3) is 4.16. The molecule has 1 saturated heterocycles. The third-order valence-corrected chi connectivity index (χ3v) is 3.43. The summed E-state index contributed by atoms with van der Waals surface area (Å²) < 4.78 is 68.9. The fraction of sp³-hybridized carbons (Fsp3) is 0.692. The highest BCUT2D eigenvalue weighted by Crippen LogP contribution is 2.31. The molecular weight excluding hydrogens is 295 g/mol. The van der Waals surface area contributed by atoms with Crippen LogP contribution in [-0.2, 0) is 4.74 Å². The van der Waals surface area contributed by atoms with Crippen molar-refractivity contribution >= 4 is 0 Å². The van der Waals surface area contributed by atoms with Crippen molar-refractivity contribution in [1.82, 2.24) is 10.2 Å². The van der Waals surface area contributed by atoms with E-state index in [2.05, 4.69) is 10.1 Å². The van der Waals surface area contributed by atoms with Gasteiger partial charge in [0.25, 0.3) is 0 Å². The molecule has 0 radical (unpaired) electrons. The molecule has 0 aromatic heterocycles. The van der Waals surface area contributed by atoms with Gasteiger partial charge in [-0.05, 0) is 19.9 Å². The van der Waals surface area contributed by atoms with Crippen LogP contribution in [0.3, 0.4) is 0 Å². The Labute approximate surface area is 119 Å². The second-order valence-electron chi connectivity index (χ2n) is 5.45. The first kappa shape index (κ1) is 16.2. The average Bonchev–Trinajstić information content (AvgIpc) is 2.30. The second kappa shape index (κ2) is 5.57. The zero-order valence-corrected chi connectivity index (χ0v) is 11.7. The molecular formula is C13H17F5N2O. The van der Waals surface area contributed by atoms with E-state index >= 15 is 0 Å². The lowest BCUT2D eigenvalue weighted by Crippen LogP contribution is -2.58. The minimum atomic E-state index is -4.42. The number of rotatable bonds is 2. The van der Waals surface area contributed by atoms with Gasteiger partial charge in [-0.25, -0.2) is 0 Å². The third-order valence-electron chi connectivity index (χ3n) is 3.43. The predicted octanol–water partition coefficient (Wildman–Crippen LogP) is 2.66. The summed E-state index contributed by atoms with van der Waals surface area (Å²) in [6.07, 6.45) is -6.33. The van der Waals surface area contributed by atoms with E-state index in [-0.39, 0.29) is 6.54 Å². The maximum atomic E-state index is 13.0. The summed E-state index contributed by atoms with van der Waals surface area (Å²) >= 11 is 0. The minimum Gasteiger partial charge on any atom is -0.371 e. The lowest BCUT2D eigenvalue weighted by Gasteiger charge is -2.38. The largest absolute Gasteiger partial charge is 0.417 e. The highest BCUT2D eigenvalue weighted by molar-refractivity contribution is 5.31. The summed E-state index contributed by atoms with van der Waals surface area (Å²) in [6.45, 7) is 2.95. The van der Waals surface area contributed by atoms with Crippen LogP contribution in [0.4, 0.5) is 22.0 Å². The zero-order chi connectivity index (χ0) is 15.8. The molecule has 8 heteroatoms. The number of hydrogen-bond acceptors (Lipinski definition) is 3. The van der Waals surface area contributed by atoms with Gasteiger partial charge in [-0.3, -0.25) is 0 Å². The van der Waals surface area contributed by atoms with Gasteiger partial charge in [0.2, 0.25) is 0 Å². The smallest absolute Gasteiger partial charge is 0.371 e. The number of nitrogens with one attached hydrogen (secondary N) is 1. The monoisotopic (exact) mass is 312 g/mol. The maximum Gasteiger partial charge on any atom is 0.417 e. The first-order valence-electron chi connectivity index (χ1n) is 6.56. The average molecular weight is 312 g/mol. The van der Waals surface area contributed by atoms with Crippen LogP contribution in [-0.4, -0.2) is 49.0 Å². The van der Waals surface area contributed by atoms with Crippen molar-refractivity contribution in [1.29, 1.82) is 0 Å². The van der Waals surface area contributed by atoms with Gasteiger partial charge in [0.15, 0.2) is 0 Å². The molecule has 2 atom stereocenters. The Morgan fingerprint density at radius 1 is 1.43 bits per heavy atom. The second-order valence-corrected chi connectivity index (χ2v) is 5.45. The summed E-state index contributed by atoms with van der Waals surface area (Å²) in [4.78, 5) is 1.47. The molecule has 0 bridgehead atoms. The topological polar surface area (TPSA) is 24.5 Å². The molecule has 2 rings (SSSR count). The van der Waals surface area contributed by atoms with Crippen LogP contribution in [0.2, 0.25) is 0 Å². The van der Waals surface area contributed by atoms with Crippen molar-refractivity contribution in [3.63, 3.8) is 0 Å². The van der Waals surface area contributed by atoms with Crippen LogP contribution >= 0.6 is 0 Å². The molecule has 0 spiro atoms. The van der Waals surface area contributed by atoms with Gasteiger partial charge in [0.1, 0.15) is 0 Å². The number of halogens is 5. The number of hydrogen-bond donors (Lipinski definition) is 1. The van der Waals surface area contributed by atoms with Crippen molar-refractivity contribution in [2.24, 2.45) is 0 Å². The van der Waals surface area contributed by atoms with Gasteiger partial charge in [-0.2, -0.15) is 22.0 Å². The molecule has 120 valence electrons. The molecule has 0 saturated carbocycles. The molecule has 3 nitrogen and oxygen atoms in total. The van der Waals surface area contributed by atoms with Gasteiger partial charge < -0.3 is 15.0 Å². The number of nitrogens with zero attached hydrogens (tertiary/aromatic N) is 1. The van der Waals surface area contributed by atoms with Crippen molar-refractivity contribution in [2.45, 2.75) is 38.3 Å². The first-order chi connectivity index (χ1) is 9.57. The Hall–Kier alpha value is -1.15. The Morgan fingerprint density at radius 2 is 2.10 bits per heavy atom. The Balaban J connectivity index is 2.04. The van der Waals surface area contributed by atoms with Crippen molar-refractivity contribution < 1.29 is 26.7 Å². The molecule has 2 heterocycles. The summed E-state index contributed by atoms with van der Waals surface area (Å²) in [6, 6.07) is -0.457. The summed E-state index contributed by atoms with van der Waals surface area (Å²) in [7, 11) is 0. The molecule has 1 N–H and O–H groups in total. The zero-order valence-electron chi connectivity index (χ0n) is 11.7. The number of ether oxygens (including phenoxy) is 1. The van der Waals surface area contributed by atoms with E-state index in [0.29, 0.717) is 12.1 Å². The van der Waals surface area contributed by atoms with Crippen LogP contribution in [0.25, 0.3) is 0 Å². The van der Waals surface area contributed by atoms with Gasteiger partial charge >= 0.3 is 12.3 Å². The van der Waals surface area contributed by atoms with E-state index in [0.717, 1.165) is 12.3 Å². The Kier molecular flexibility index (Phi) is 4.30. The Morgan fingerprint density at radius 3 is 2.67 bits per heavy atom. The standard InChI is InChI=1S/C13H17F5N2O/c1-8-3-10(13(16,17)18)5-20(4-8)6-11-9(2)21-12(14,15)7-19-11/h3,5,9,11,19H,4,6-7H2,1-2H3/t9-,11+/m0/s1. The quantitative estimate of drug-likeness (QED) is 0.794. The Bertz CT molecular complexity index is 458. The molecule has 0 aliphatic carbocycles. The van der Waals surface area contributed by atoms with E-state index in [4.69, 9.17) is 0 Å². The molecule has 1 fully saturated rings. The molecule has 0 unspecified atom stereocenters. The minimum absolute atomic E-state index is 0.169. The van der Waals surface area contributed by atoms with E-state index in [1.54, 1.807) is 6.92 Å². The van der Waals surface area contributed by atoms with Crippen molar-refractivity contribution in [3.05, 3.63) is 23.4 Å². The highest BCUT2D eigenvalue weighted by atomic mass is 19.4. The maximum absolute atomic E-state index is 13.0. The van der Waals surface area contributed by atoms with Gasteiger partial charge in [-0.15, -0.1) is 0 Å². The van der Waals surface area contributed by atoms with Crippen molar-refractivity contribution in [3.8, 4) is 0 Å². The van der Waals surface area contributed by atoms with Crippen LogP contribution in [0, 0.1) is 0 Å². The van der Waals surface area contributed by atoms with Gasteiger partial charge in [0, 0.05) is 19.3 Å². The fourth-order valence-corrected chi connectivity index (χ4v) is 2.46. The molecule has 2 aliphatic heterocycles. The molecule has 2 aliphatic rings. The molecule has 0 amide bonds. The van der Waals surface area contributed by atoms with Crippen LogP contribution in [0.5, 0.6) is 0 Å². The molecule has 0 aromatic rings. The summed E-state index contributed by atoms with van der Waals surface area (Å²) in [5.41, 5.74) is -0.166. The number of allylic oxidation sites excluding steroid dienone is 2. The molecule has 21 heavy (non-hydrogen) atoms. The lowest BCUT2D eigenvalue weighted by atomic mass is 10.1. The normalized spacial score (nSPS) is 30.0. The fourth-order valence-electron chi connectivity index (χ4n) is 2.46. The van der Waals surface area contributed by atoms with Gasteiger partial charge in [-0.1, -0.05) is 5.57 Å². The summed E-state index contributed by atoms with van der Waals surface area (Å²) in [5.74, 6) is 0. The van der Waals surface area contributed by atoms with Crippen LogP contribution < -0.4 is 5.32 Å². The first-order valence-corrected chi connectivity index (χ1v) is 6.56. The SMILES string of the molecule is CC1=CC(C(F)(F)F)=CN(C[C@H]2NCC(F)(F)O[C@H]2C)C1. The van der Waals surface area contributed by atoms with Crippen LogP contribution in [0.15, 0.2) is 23.4 Å². The number of morpholine rings is 1. The summed E-state index contributed by atoms with van der Waals surface area (Å²) in [5, 5.41) is 2.63. The van der Waals surface area contributed by atoms with E-state index < -0.39 is 36.5 Å². The highest BCUT2D eigenvalue weighted by Gasteiger charge is 2.41. The number of alkyl halides is 5. The van der Waals surface area contributed by atoms with E-state index in [1.807, 2.05) is 0 Å². The van der Waals surface area contributed by atoms with E-state index in [9.17, 15) is 22.0 Å². The van der Waals surface area contributed by atoms with E-state index in [1.165, 1.54) is 11.8 Å². The van der Waals surface area contributed by atoms with Crippen molar-refractivity contribution in [2.75, 3.05) is 19.6 Å².